The van der Waals surface area contributed by atoms with Crippen LogP contribution in [0.1, 0.15) is 36.1 Å². The Morgan fingerprint density at radius 3 is 2.35 bits per heavy atom. The maximum Gasteiger partial charge on any atom is 0.122 e. The summed E-state index contributed by atoms with van der Waals surface area (Å²) in [7, 11) is 0. The van der Waals surface area contributed by atoms with Crippen molar-refractivity contribution in [2.45, 2.75) is 46.4 Å². The van der Waals surface area contributed by atoms with Crippen LogP contribution in [-0.2, 0) is 19.6 Å². The van der Waals surface area contributed by atoms with Gasteiger partial charge in [0.1, 0.15) is 12.4 Å². The number of hydrogen-bond acceptors (Lipinski definition) is 3. The monoisotopic (exact) mass is 289 g/mol. The Morgan fingerprint density at radius 2 is 1.75 bits per heavy atom. The van der Waals surface area contributed by atoms with E-state index in [1.807, 2.05) is 23.5 Å². The molecule has 0 atom stereocenters. The van der Waals surface area contributed by atoms with Crippen molar-refractivity contribution in [3.05, 3.63) is 51.7 Å². The minimum atomic E-state index is 0.512. The highest BCUT2D eigenvalue weighted by molar-refractivity contribution is 7.11. The fourth-order valence-corrected chi connectivity index (χ4v) is 2.74. The van der Waals surface area contributed by atoms with E-state index in [2.05, 4.69) is 50.4 Å². The fraction of sp³-hybridized carbons (Fsp3) is 0.412. The van der Waals surface area contributed by atoms with Crippen LogP contribution in [0.5, 0.6) is 5.75 Å². The van der Waals surface area contributed by atoms with E-state index in [1.165, 1.54) is 15.3 Å². The number of nitrogens with one attached hydrogen (secondary N) is 1. The van der Waals surface area contributed by atoms with Crippen LogP contribution in [0.3, 0.4) is 0 Å². The molecule has 0 aliphatic carbocycles. The van der Waals surface area contributed by atoms with Gasteiger partial charge in [0, 0.05) is 22.3 Å². The van der Waals surface area contributed by atoms with Crippen LogP contribution < -0.4 is 10.1 Å². The lowest BCUT2D eigenvalue weighted by molar-refractivity contribution is 0.309. The molecule has 0 unspecified atom stereocenters. The van der Waals surface area contributed by atoms with Gasteiger partial charge in [0.15, 0.2) is 0 Å². The number of ether oxygens (including phenoxy) is 1. The van der Waals surface area contributed by atoms with Crippen LogP contribution in [-0.4, -0.2) is 6.04 Å². The second kappa shape index (κ2) is 7.46. The third-order valence-electron chi connectivity index (χ3n) is 3.08. The summed E-state index contributed by atoms with van der Waals surface area (Å²) in [4.78, 5) is 2.70. The van der Waals surface area contributed by atoms with Crippen LogP contribution in [0.2, 0.25) is 0 Å². The minimum absolute atomic E-state index is 0.512. The van der Waals surface area contributed by atoms with Crippen LogP contribution in [0, 0.1) is 0 Å². The van der Waals surface area contributed by atoms with Gasteiger partial charge in [-0.05, 0) is 36.2 Å². The van der Waals surface area contributed by atoms with Gasteiger partial charge in [-0.3, -0.25) is 0 Å². The van der Waals surface area contributed by atoms with E-state index in [1.54, 1.807) is 0 Å². The summed E-state index contributed by atoms with van der Waals surface area (Å²) in [6, 6.07) is 13.2. The van der Waals surface area contributed by atoms with Crippen molar-refractivity contribution in [2.75, 3.05) is 0 Å². The Balaban J connectivity index is 1.84. The van der Waals surface area contributed by atoms with Crippen molar-refractivity contribution in [1.29, 1.82) is 0 Å². The predicted molar refractivity (Wildman–Crippen MR) is 86.4 cm³/mol. The first-order valence-electron chi connectivity index (χ1n) is 7.20. The molecule has 3 heteroatoms. The predicted octanol–water partition coefficient (Wildman–Crippen LogP) is 4.39. The molecule has 2 aromatic rings. The van der Waals surface area contributed by atoms with E-state index in [9.17, 15) is 0 Å². The van der Waals surface area contributed by atoms with E-state index in [-0.39, 0.29) is 0 Å². The van der Waals surface area contributed by atoms with Gasteiger partial charge in [-0.15, -0.1) is 11.3 Å². The van der Waals surface area contributed by atoms with Crippen LogP contribution in [0.15, 0.2) is 36.4 Å². The number of hydrogen-bond donors (Lipinski definition) is 1. The number of benzene rings is 1. The molecule has 1 heterocycles. The zero-order valence-electron chi connectivity index (χ0n) is 12.5. The van der Waals surface area contributed by atoms with Gasteiger partial charge < -0.3 is 10.1 Å². The highest BCUT2D eigenvalue weighted by Gasteiger charge is 2.01. The van der Waals surface area contributed by atoms with Crippen molar-refractivity contribution in [3.63, 3.8) is 0 Å². The van der Waals surface area contributed by atoms with E-state index >= 15 is 0 Å². The summed E-state index contributed by atoms with van der Waals surface area (Å²) < 4.78 is 5.82. The Morgan fingerprint density at radius 1 is 1.05 bits per heavy atom. The summed E-state index contributed by atoms with van der Waals surface area (Å²) in [5.41, 5.74) is 1.29. The molecule has 0 aliphatic rings. The molecule has 0 saturated carbocycles. The lowest BCUT2D eigenvalue weighted by Gasteiger charge is -2.09. The van der Waals surface area contributed by atoms with Gasteiger partial charge in [-0.25, -0.2) is 0 Å². The van der Waals surface area contributed by atoms with Crippen molar-refractivity contribution in [3.8, 4) is 5.75 Å². The third-order valence-corrected chi connectivity index (χ3v) is 4.29. The average molecular weight is 289 g/mol. The molecule has 108 valence electrons. The van der Waals surface area contributed by atoms with Crippen molar-refractivity contribution in [1.82, 2.24) is 5.32 Å². The van der Waals surface area contributed by atoms with Crippen LogP contribution in [0.25, 0.3) is 0 Å². The first-order chi connectivity index (χ1) is 9.67. The van der Waals surface area contributed by atoms with Crippen molar-refractivity contribution >= 4 is 11.3 Å². The minimum Gasteiger partial charge on any atom is -0.488 e. The maximum atomic E-state index is 5.82. The summed E-state index contributed by atoms with van der Waals surface area (Å²) in [6.07, 6.45) is 1.10. The number of aryl methyl sites for hydroxylation is 1. The van der Waals surface area contributed by atoms with Gasteiger partial charge in [0.25, 0.3) is 0 Å². The van der Waals surface area contributed by atoms with Crippen molar-refractivity contribution in [2.24, 2.45) is 0 Å². The number of rotatable bonds is 7. The van der Waals surface area contributed by atoms with E-state index in [0.29, 0.717) is 12.6 Å². The van der Waals surface area contributed by atoms with Gasteiger partial charge in [-0.2, -0.15) is 0 Å². The molecule has 0 radical (unpaired) electrons. The Kier molecular flexibility index (Phi) is 5.62. The highest BCUT2D eigenvalue weighted by atomic mass is 32.1. The maximum absolute atomic E-state index is 5.82. The third kappa shape index (κ3) is 4.66. The molecular formula is C17H23NOS. The van der Waals surface area contributed by atoms with Gasteiger partial charge in [0.2, 0.25) is 0 Å². The quantitative estimate of drug-likeness (QED) is 0.816. The Labute approximate surface area is 125 Å². The molecule has 0 saturated heterocycles. The molecule has 1 N–H and O–H groups in total. The van der Waals surface area contributed by atoms with Gasteiger partial charge >= 0.3 is 0 Å². The zero-order valence-corrected chi connectivity index (χ0v) is 13.3. The average Bonchev–Trinajstić information content (AvgIpc) is 2.92. The normalized spacial score (nSPS) is 11.0. The Hall–Kier alpha value is -1.32. The molecule has 1 aromatic carbocycles. The van der Waals surface area contributed by atoms with Crippen LogP contribution in [0.4, 0.5) is 0 Å². The summed E-state index contributed by atoms with van der Waals surface area (Å²) in [5.74, 6) is 0.935. The SMILES string of the molecule is CCc1ccc(COc2ccc(CNC(C)C)cc2)s1. The first-order valence-corrected chi connectivity index (χ1v) is 8.01. The molecule has 0 amide bonds. The first kappa shape index (κ1) is 15.1. The van der Waals surface area contributed by atoms with Crippen LogP contribution >= 0.6 is 11.3 Å². The molecule has 0 spiro atoms. The second-order valence-electron chi connectivity index (χ2n) is 5.19. The molecule has 2 rings (SSSR count). The molecule has 1 aromatic heterocycles. The molecule has 0 aliphatic heterocycles. The highest BCUT2D eigenvalue weighted by Crippen LogP contribution is 2.20. The van der Waals surface area contributed by atoms with E-state index in [0.717, 1.165) is 18.7 Å². The molecule has 0 bridgehead atoms. The molecule has 0 fully saturated rings. The summed E-state index contributed by atoms with van der Waals surface area (Å²) in [6.45, 7) is 8.06. The lowest BCUT2D eigenvalue weighted by Crippen LogP contribution is -2.21. The topological polar surface area (TPSA) is 21.3 Å². The summed E-state index contributed by atoms with van der Waals surface area (Å²) in [5, 5.41) is 3.41. The lowest BCUT2D eigenvalue weighted by atomic mass is 10.2. The number of thiophene rings is 1. The fourth-order valence-electron chi connectivity index (χ4n) is 1.87. The van der Waals surface area contributed by atoms with Crippen molar-refractivity contribution < 1.29 is 4.74 Å². The smallest absolute Gasteiger partial charge is 0.122 e. The zero-order chi connectivity index (χ0) is 14.4. The Bertz CT molecular complexity index is 516. The van der Waals surface area contributed by atoms with E-state index < -0.39 is 0 Å². The standard InChI is InChI=1S/C17H23NOS/c1-4-16-9-10-17(20-16)12-19-15-7-5-14(6-8-15)11-18-13(2)3/h5-10,13,18H,4,11-12H2,1-3H3. The van der Waals surface area contributed by atoms with Gasteiger partial charge in [0.05, 0.1) is 0 Å². The van der Waals surface area contributed by atoms with Gasteiger partial charge in [-0.1, -0.05) is 32.9 Å². The molecule has 20 heavy (non-hydrogen) atoms. The summed E-state index contributed by atoms with van der Waals surface area (Å²) >= 11 is 1.83. The molecule has 2 nitrogen and oxygen atoms in total. The largest absolute Gasteiger partial charge is 0.488 e. The second-order valence-corrected chi connectivity index (χ2v) is 6.44. The molecular weight excluding hydrogens is 266 g/mol. The van der Waals surface area contributed by atoms with E-state index in [4.69, 9.17) is 4.74 Å².